The first-order chi connectivity index (χ1) is 15.0. The fraction of sp³-hybridized carbons (Fsp3) is 0.238. The average molecular weight is 445 g/mol. The molecule has 1 fully saturated rings. The van der Waals surface area contributed by atoms with Gasteiger partial charge in [0.05, 0.1) is 30.0 Å². The van der Waals surface area contributed by atoms with E-state index in [-0.39, 0.29) is 28.1 Å². The van der Waals surface area contributed by atoms with E-state index >= 15 is 0 Å². The zero-order valence-electron chi connectivity index (χ0n) is 16.4. The van der Waals surface area contributed by atoms with Crippen molar-refractivity contribution in [2.45, 2.75) is 11.3 Å². The van der Waals surface area contributed by atoms with E-state index in [9.17, 15) is 12.8 Å². The van der Waals surface area contributed by atoms with Crippen molar-refractivity contribution in [1.82, 2.24) is 9.97 Å². The Balaban J connectivity index is 1.44. The van der Waals surface area contributed by atoms with Crippen LogP contribution in [-0.2, 0) is 14.8 Å². The van der Waals surface area contributed by atoms with E-state index in [1.54, 1.807) is 18.2 Å². The maximum Gasteiger partial charge on any atom is 0.262 e. The largest absolute Gasteiger partial charge is 0.490 e. The second kappa shape index (κ2) is 9.27. The van der Waals surface area contributed by atoms with E-state index in [0.29, 0.717) is 25.6 Å². The van der Waals surface area contributed by atoms with Crippen molar-refractivity contribution < 1.29 is 27.0 Å². The van der Waals surface area contributed by atoms with E-state index in [1.807, 2.05) is 0 Å². The van der Waals surface area contributed by atoms with Gasteiger partial charge in [-0.05, 0) is 36.8 Å². The zero-order chi connectivity index (χ0) is 21.7. The van der Waals surface area contributed by atoms with Gasteiger partial charge in [-0.25, -0.2) is 17.8 Å². The van der Waals surface area contributed by atoms with Gasteiger partial charge in [0, 0.05) is 31.0 Å². The highest BCUT2D eigenvalue weighted by Crippen LogP contribution is 2.26. The van der Waals surface area contributed by atoms with E-state index in [4.69, 9.17) is 14.2 Å². The fourth-order valence-electron chi connectivity index (χ4n) is 2.98. The van der Waals surface area contributed by atoms with Crippen molar-refractivity contribution in [2.75, 3.05) is 24.5 Å². The minimum atomic E-state index is -4.02. The third-order valence-electron chi connectivity index (χ3n) is 4.56. The van der Waals surface area contributed by atoms with Crippen LogP contribution in [0.15, 0.2) is 66.0 Å². The highest BCUT2D eigenvalue weighted by atomic mass is 32.2. The molecule has 10 heteroatoms. The van der Waals surface area contributed by atoms with Crippen molar-refractivity contribution in [3.05, 3.63) is 66.9 Å². The number of hydrogen-bond acceptors (Lipinski definition) is 7. The fourth-order valence-corrected chi connectivity index (χ4v) is 4.05. The quantitative estimate of drug-likeness (QED) is 0.565. The summed E-state index contributed by atoms with van der Waals surface area (Å²) in [5, 5.41) is 0. The van der Waals surface area contributed by atoms with Crippen LogP contribution in [-0.4, -0.2) is 38.2 Å². The van der Waals surface area contributed by atoms with Crippen LogP contribution < -0.4 is 14.2 Å². The minimum absolute atomic E-state index is 0.00483. The Morgan fingerprint density at radius 3 is 2.84 bits per heavy atom. The lowest BCUT2D eigenvalue weighted by molar-refractivity contribution is 0.165. The predicted octanol–water partition coefficient (Wildman–Crippen LogP) is 3.62. The monoisotopic (exact) mass is 445 g/mol. The lowest BCUT2D eigenvalue weighted by atomic mass is 10.1. The van der Waals surface area contributed by atoms with Crippen LogP contribution in [0.25, 0.3) is 0 Å². The summed E-state index contributed by atoms with van der Waals surface area (Å²) in [7, 11) is -4.02. The molecule has 1 atom stereocenters. The topological polar surface area (TPSA) is 99.6 Å². The zero-order valence-corrected chi connectivity index (χ0v) is 17.2. The summed E-state index contributed by atoms with van der Waals surface area (Å²) in [6.07, 6.45) is 5.28. The first-order valence-corrected chi connectivity index (χ1v) is 11.0. The SMILES string of the molecule is O=S(=O)(Nc1cccc(Oc2cnccn2)c1)c1ccc(OCC2CCOC2)c(F)c1. The number of hydrogen-bond donors (Lipinski definition) is 1. The number of sulfonamides is 1. The van der Waals surface area contributed by atoms with Crippen molar-refractivity contribution in [1.29, 1.82) is 0 Å². The highest BCUT2D eigenvalue weighted by molar-refractivity contribution is 7.92. The molecule has 8 nitrogen and oxygen atoms in total. The van der Waals surface area contributed by atoms with Gasteiger partial charge < -0.3 is 14.2 Å². The van der Waals surface area contributed by atoms with Gasteiger partial charge in [-0.15, -0.1) is 0 Å². The lowest BCUT2D eigenvalue weighted by Gasteiger charge is -2.13. The van der Waals surface area contributed by atoms with Crippen LogP contribution in [0.2, 0.25) is 0 Å². The second-order valence-electron chi connectivity index (χ2n) is 6.91. The van der Waals surface area contributed by atoms with Crippen LogP contribution in [0, 0.1) is 11.7 Å². The molecule has 1 aliphatic rings. The van der Waals surface area contributed by atoms with Crippen molar-refractivity contribution >= 4 is 15.7 Å². The lowest BCUT2D eigenvalue weighted by Crippen LogP contribution is -2.14. The van der Waals surface area contributed by atoms with E-state index in [1.165, 1.54) is 36.8 Å². The molecular weight excluding hydrogens is 425 g/mol. The van der Waals surface area contributed by atoms with Crippen molar-refractivity contribution in [2.24, 2.45) is 5.92 Å². The summed E-state index contributed by atoms with van der Waals surface area (Å²) >= 11 is 0. The Labute approximate surface area is 179 Å². The van der Waals surface area contributed by atoms with Crippen LogP contribution >= 0.6 is 0 Å². The summed E-state index contributed by atoms with van der Waals surface area (Å²) < 4.78 is 58.5. The Kier molecular flexibility index (Phi) is 6.28. The molecule has 0 radical (unpaired) electrons. The summed E-state index contributed by atoms with van der Waals surface area (Å²) in [5.41, 5.74) is 0.253. The molecule has 0 spiro atoms. The second-order valence-corrected chi connectivity index (χ2v) is 8.59. The molecule has 0 saturated carbocycles. The standard InChI is InChI=1S/C21H20FN3O5S/c22-19-11-18(4-5-20(19)29-14-15-6-9-28-13-15)31(26,27)25-16-2-1-3-17(10-16)30-21-12-23-7-8-24-21/h1-5,7-8,10-12,15,25H,6,9,13-14H2. The first-order valence-electron chi connectivity index (χ1n) is 9.56. The number of anilines is 1. The Hall–Kier alpha value is -3.24. The Morgan fingerprint density at radius 1 is 1.19 bits per heavy atom. The number of rotatable bonds is 8. The summed E-state index contributed by atoms with van der Waals surface area (Å²) in [6.45, 7) is 1.57. The Morgan fingerprint density at radius 2 is 2.10 bits per heavy atom. The molecule has 2 aromatic carbocycles. The number of halogens is 1. The summed E-state index contributed by atoms with van der Waals surface area (Å²) in [5.74, 6) is 0.100. The van der Waals surface area contributed by atoms with E-state index in [0.717, 1.165) is 12.5 Å². The summed E-state index contributed by atoms with van der Waals surface area (Å²) in [4.78, 5) is 7.68. The van der Waals surface area contributed by atoms with Gasteiger partial charge in [-0.1, -0.05) is 6.07 Å². The number of benzene rings is 2. The molecule has 31 heavy (non-hydrogen) atoms. The number of nitrogens with one attached hydrogen (secondary N) is 1. The van der Waals surface area contributed by atoms with Gasteiger partial charge in [0.1, 0.15) is 5.75 Å². The normalized spacial score (nSPS) is 16.1. The molecule has 1 N–H and O–H groups in total. The third-order valence-corrected chi connectivity index (χ3v) is 5.94. The Bertz CT molecular complexity index is 1140. The maximum absolute atomic E-state index is 14.4. The van der Waals surface area contributed by atoms with Gasteiger partial charge >= 0.3 is 0 Å². The van der Waals surface area contributed by atoms with Gasteiger partial charge in [-0.2, -0.15) is 0 Å². The molecule has 1 unspecified atom stereocenters. The molecule has 1 saturated heterocycles. The third kappa shape index (κ3) is 5.47. The van der Waals surface area contributed by atoms with Gasteiger partial charge in [0.25, 0.3) is 10.0 Å². The molecule has 3 aromatic rings. The first kappa shape index (κ1) is 21.0. The smallest absolute Gasteiger partial charge is 0.262 e. The van der Waals surface area contributed by atoms with Crippen molar-refractivity contribution in [3.8, 4) is 17.4 Å². The molecule has 0 aliphatic carbocycles. The molecule has 162 valence electrons. The number of nitrogens with zero attached hydrogens (tertiary/aromatic N) is 2. The number of ether oxygens (including phenoxy) is 3. The van der Waals surface area contributed by atoms with Crippen LogP contribution in [0.5, 0.6) is 17.4 Å². The average Bonchev–Trinajstić information content (AvgIpc) is 3.27. The van der Waals surface area contributed by atoms with E-state index in [2.05, 4.69) is 14.7 Å². The predicted molar refractivity (Wildman–Crippen MR) is 110 cm³/mol. The van der Waals surface area contributed by atoms with Crippen LogP contribution in [0.4, 0.5) is 10.1 Å². The van der Waals surface area contributed by atoms with Gasteiger partial charge in [0.2, 0.25) is 5.88 Å². The molecule has 4 rings (SSSR count). The summed E-state index contributed by atoms with van der Waals surface area (Å²) in [6, 6.07) is 9.85. The van der Waals surface area contributed by atoms with Gasteiger partial charge in [0.15, 0.2) is 11.6 Å². The molecule has 0 amide bonds. The van der Waals surface area contributed by atoms with Gasteiger partial charge in [-0.3, -0.25) is 9.71 Å². The molecule has 0 bridgehead atoms. The maximum atomic E-state index is 14.4. The molecule has 2 heterocycles. The van der Waals surface area contributed by atoms with Crippen molar-refractivity contribution in [3.63, 3.8) is 0 Å². The molecule has 1 aliphatic heterocycles. The van der Waals surface area contributed by atoms with Crippen LogP contribution in [0.1, 0.15) is 6.42 Å². The highest BCUT2D eigenvalue weighted by Gasteiger charge is 2.20. The minimum Gasteiger partial charge on any atom is -0.490 e. The number of aromatic nitrogens is 2. The van der Waals surface area contributed by atoms with Crippen LogP contribution in [0.3, 0.4) is 0 Å². The molecule has 1 aromatic heterocycles. The van der Waals surface area contributed by atoms with E-state index < -0.39 is 15.8 Å². The molecular formula is C21H20FN3O5S.